The first-order valence-corrected chi connectivity index (χ1v) is 7.13. The minimum atomic E-state index is -3.85. The molecule has 1 aromatic carbocycles. The van der Waals surface area contributed by atoms with E-state index in [1.54, 1.807) is 0 Å². The van der Waals surface area contributed by atoms with Gasteiger partial charge in [-0.25, -0.2) is 12.8 Å². The molecule has 0 aliphatic carbocycles. The van der Waals surface area contributed by atoms with Crippen LogP contribution >= 0.6 is 0 Å². The van der Waals surface area contributed by atoms with Crippen LogP contribution in [0.2, 0.25) is 0 Å². The van der Waals surface area contributed by atoms with Crippen molar-refractivity contribution in [3.05, 3.63) is 36.3 Å². The fourth-order valence-corrected chi connectivity index (χ4v) is 3.03. The van der Waals surface area contributed by atoms with E-state index in [2.05, 4.69) is 0 Å². The Balaban J connectivity index is 2.37. The number of hydrogen-bond donors (Lipinski definition) is 1. The van der Waals surface area contributed by atoms with Crippen LogP contribution in [-0.4, -0.2) is 44.3 Å². The molecule has 0 aromatic heterocycles. The molecule has 0 saturated carbocycles. The molecule has 1 aromatic rings. The van der Waals surface area contributed by atoms with Crippen LogP contribution in [0, 0.1) is 5.41 Å². The number of amidine groups is 1. The van der Waals surface area contributed by atoms with Gasteiger partial charge in [0.1, 0.15) is 12.4 Å². The molecule has 1 aliphatic heterocycles. The van der Waals surface area contributed by atoms with E-state index in [0.717, 1.165) is 10.5 Å². The molecule has 108 valence electrons. The molecule has 8 heteroatoms. The summed E-state index contributed by atoms with van der Waals surface area (Å²) < 4.78 is 44.1. The van der Waals surface area contributed by atoms with E-state index in [-0.39, 0.29) is 17.4 Å². The third-order valence-corrected chi connectivity index (χ3v) is 4.59. The summed E-state index contributed by atoms with van der Waals surface area (Å²) in [5.41, 5.74) is 0. The topological polar surface area (TPSA) is 73.7 Å². The van der Waals surface area contributed by atoms with E-state index in [9.17, 15) is 12.8 Å². The average Bonchev–Trinajstić information content (AvgIpc) is 2.44. The maximum absolute atomic E-state index is 13.5. The van der Waals surface area contributed by atoms with Gasteiger partial charge in [-0.1, -0.05) is 0 Å². The minimum absolute atomic E-state index is 0.0316. The second-order valence-corrected chi connectivity index (χ2v) is 6.12. The van der Waals surface area contributed by atoms with Gasteiger partial charge in [0, 0.05) is 7.05 Å². The molecule has 1 heterocycles. The zero-order chi connectivity index (χ0) is 14.9. The Morgan fingerprint density at radius 2 is 1.90 bits per heavy atom. The van der Waals surface area contributed by atoms with Gasteiger partial charge < -0.3 is 9.64 Å². The molecule has 0 atom stereocenters. The quantitative estimate of drug-likeness (QED) is 0.915. The maximum atomic E-state index is 13.5. The summed E-state index contributed by atoms with van der Waals surface area (Å²) in [5, 5.41) is 7.40. The number of nitrogens with zero attached hydrogens (tertiary/aromatic N) is 2. The van der Waals surface area contributed by atoms with Crippen molar-refractivity contribution in [1.29, 1.82) is 5.41 Å². The van der Waals surface area contributed by atoms with E-state index in [1.807, 2.05) is 0 Å². The van der Waals surface area contributed by atoms with Crippen molar-refractivity contribution in [2.24, 2.45) is 0 Å². The van der Waals surface area contributed by atoms with Gasteiger partial charge in [0.25, 0.3) is 10.0 Å². The van der Waals surface area contributed by atoms with Crippen LogP contribution < -0.4 is 4.74 Å². The number of halogens is 1. The summed E-state index contributed by atoms with van der Waals surface area (Å²) in [6, 6.07) is 5.81. The normalized spacial score (nSPS) is 16.1. The molecule has 1 N–H and O–H groups in total. The molecular formula is C12H14FN3O3S. The molecule has 0 unspecified atom stereocenters. The predicted molar refractivity (Wildman–Crippen MR) is 71.6 cm³/mol. The van der Waals surface area contributed by atoms with E-state index >= 15 is 0 Å². The summed E-state index contributed by atoms with van der Waals surface area (Å²) in [6.07, 6.45) is 0.821. The zero-order valence-electron chi connectivity index (χ0n) is 11.0. The van der Waals surface area contributed by atoms with Crippen molar-refractivity contribution in [2.45, 2.75) is 4.90 Å². The minimum Gasteiger partial charge on any atom is -0.497 e. The molecule has 0 fully saturated rings. The number of ether oxygens (including phenoxy) is 1. The first-order chi connectivity index (χ1) is 9.36. The van der Waals surface area contributed by atoms with Gasteiger partial charge in [0.05, 0.1) is 18.2 Å². The third kappa shape index (κ3) is 2.46. The highest BCUT2D eigenvalue weighted by atomic mass is 32.2. The second-order valence-electron chi connectivity index (χ2n) is 4.23. The Bertz CT molecular complexity index is 655. The lowest BCUT2D eigenvalue weighted by molar-refractivity contribution is 0.340. The molecule has 0 radical (unpaired) electrons. The molecule has 20 heavy (non-hydrogen) atoms. The van der Waals surface area contributed by atoms with Crippen LogP contribution in [0.5, 0.6) is 5.75 Å². The summed E-state index contributed by atoms with van der Waals surface area (Å²) in [6.45, 7) is -0.111. The summed E-state index contributed by atoms with van der Waals surface area (Å²) in [4.78, 5) is 1.24. The standard InChI is InChI=1S/C12H14FN3O3S/c1-15-8-16(7-11(13)12(15)14)20(17,18)10-5-3-9(19-2)4-6-10/h3-7,14H,8H2,1-2H3. The Kier molecular flexibility index (Phi) is 3.67. The predicted octanol–water partition coefficient (Wildman–Crippen LogP) is 1.38. The van der Waals surface area contributed by atoms with Crippen molar-refractivity contribution in [1.82, 2.24) is 9.21 Å². The smallest absolute Gasteiger partial charge is 0.265 e. The Hall–Kier alpha value is -2.09. The highest BCUT2D eigenvalue weighted by Gasteiger charge is 2.29. The summed E-state index contributed by atoms with van der Waals surface area (Å²) >= 11 is 0. The average molecular weight is 299 g/mol. The van der Waals surface area contributed by atoms with E-state index in [0.29, 0.717) is 5.75 Å². The molecular weight excluding hydrogens is 285 g/mol. The number of nitrogens with one attached hydrogen (secondary N) is 1. The summed E-state index contributed by atoms with van der Waals surface area (Å²) in [7, 11) is -0.924. The maximum Gasteiger partial charge on any atom is 0.265 e. The zero-order valence-corrected chi connectivity index (χ0v) is 11.8. The van der Waals surface area contributed by atoms with Gasteiger partial charge in [0.2, 0.25) is 0 Å². The van der Waals surface area contributed by atoms with Crippen molar-refractivity contribution in [2.75, 3.05) is 20.8 Å². The molecule has 1 aliphatic rings. The monoisotopic (exact) mass is 299 g/mol. The molecule has 0 spiro atoms. The Morgan fingerprint density at radius 1 is 1.30 bits per heavy atom. The highest BCUT2D eigenvalue weighted by molar-refractivity contribution is 7.89. The molecule has 6 nitrogen and oxygen atoms in total. The first kappa shape index (κ1) is 14.3. The van der Waals surface area contributed by atoms with Crippen molar-refractivity contribution >= 4 is 15.9 Å². The van der Waals surface area contributed by atoms with Crippen LogP contribution in [0.25, 0.3) is 0 Å². The first-order valence-electron chi connectivity index (χ1n) is 5.69. The lowest BCUT2D eigenvalue weighted by Crippen LogP contribution is -2.43. The van der Waals surface area contributed by atoms with Crippen LogP contribution in [0.3, 0.4) is 0 Å². The van der Waals surface area contributed by atoms with Gasteiger partial charge in [0.15, 0.2) is 11.7 Å². The van der Waals surface area contributed by atoms with E-state index in [4.69, 9.17) is 10.1 Å². The number of rotatable bonds is 3. The van der Waals surface area contributed by atoms with Crippen LogP contribution in [-0.2, 0) is 10.0 Å². The fourth-order valence-electron chi connectivity index (χ4n) is 1.72. The number of sulfonamides is 1. The number of benzene rings is 1. The van der Waals surface area contributed by atoms with E-state index in [1.165, 1.54) is 43.3 Å². The number of likely N-dealkylation sites (N-methyl/N-ethyl adjacent to an activating group) is 1. The lowest BCUT2D eigenvalue weighted by Gasteiger charge is -2.31. The van der Waals surface area contributed by atoms with Gasteiger partial charge in [-0.2, -0.15) is 0 Å². The molecule has 0 saturated heterocycles. The van der Waals surface area contributed by atoms with Crippen LogP contribution in [0.15, 0.2) is 41.2 Å². The van der Waals surface area contributed by atoms with Crippen molar-refractivity contribution in [3.8, 4) is 5.75 Å². The van der Waals surface area contributed by atoms with Crippen molar-refractivity contribution in [3.63, 3.8) is 0 Å². The highest BCUT2D eigenvalue weighted by Crippen LogP contribution is 2.23. The van der Waals surface area contributed by atoms with Crippen LogP contribution in [0.1, 0.15) is 0 Å². The lowest BCUT2D eigenvalue weighted by atomic mass is 10.3. The number of methoxy groups -OCH3 is 1. The molecule has 0 amide bonds. The summed E-state index contributed by atoms with van der Waals surface area (Å²) in [5.74, 6) is -0.703. The third-order valence-electron chi connectivity index (χ3n) is 2.88. The SMILES string of the molecule is COc1ccc(S(=O)(=O)N2C=C(F)C(=N)N(C)C2)cc1. The second kappa shape index (κ2) is 5.12. The Labute approximate surface area is 116 Å². The van der Waals surface area contributed by atoms with Gasteiger partial charge in [-0.3, -0.25) is 9.71 Å². The Morgan fingerprint density at radius 3 is 2.40 bits per heavy atom. The number of hydrogen-bond acceptors (Lipinski definition) is 4. The van der Waals surface area contributed by atoms with Crippen LogP contribution in [0.4, 0.5) is 4.39 Å². The van der Waals surface area contributed by atoms with Crippen molar-refractivity contribution < 1.29 is 17.5 Å². The van der Waals surface area contributed by atoms with Gasteiger partial charge in [-0.15, -0.1) is 0 Å². The largest absolute Gasteiger partial charge is 0.497 e. The van der Waals surface area contributed by atoms with Gasteiger partial charge >= 0.3 is 0 Å². The fraction of sp³-hybridized carbons (Fsp3) is 0.250. The molecule has 2 rings (SSSR count). The van der Waals surface area contributed by atoms with E-state index < -0.39 is 15.9 Å². The molecule has 0 bridgehead atoms. The van der Waals surface area contributed by atoms with Gasteiger partial charge in [-0.05, 0) is 24.3 Å².